The molecule has 3 rings (SSSR count). The highest BCUT2D eigenvalue weighted by molar-refractivity contribution is 5.91. The second-order valence-corrected chi connectivity index (χ2v) is 9.65. The van der Waals surface area contributed by atoms with E-state index in [0.717, 1.165) is 36.9 Å². The van der Waals surface area contributed by atoms with Gasteiger partial charge in [-0.2, -0.15) is 0 Å². The fourth-order valence-electron chi connectivity index (χ4n) is 4.38. The minimum atomic E-state index is -1.26. The first-order valence-electron chi connectivity index (χ1n) is 11.7. The molecule has 2 aromatic rings. The van der Waals surface area contributed by atoms with E-state index in [9.17, 15) is 19.5 Å². The van der Waals surface area contributed by atoms with Gasteiger partial charge in [0, 0.05) is 18.0 Å². The number of aliphatic carboxylic acids is 1. The maximum atomic E-state index is 12.5. The van der Waals surface area contributed by atoms with Crippen LogP contribution in [0.15, 0.2) is 54.6 Å². The van der Waals surface area contributed by atoms with Gasteiger partial charge >= 0.3 is 5.97 Å². The number of carbonyl (C=O) groups excluding carboxylic acids is 2. The maximum Gasteiger partial charge on any atom is 0.328 e. The number of nitrogens with one attached hydrogen (secondary N) is 2. The fraction of sp³-hybridized carbons (Fsp3) is 0.444. The predicted molar refractivity (Wildman–Crippen MR) is 129 cm³/mol. The van der Waals surface area contributed by atoms with Crippen LogP contribution in [0, 0.1) is 5.92 Å². The second-order valence-electron chi connectivity index (χ2n) is 9.65. The van der Waals surface area contributed by atoms with E-state index in [2.05, 4.69) is 29.7 Å². The van der Waals surface area contributed by atoms with Gasteiger partial charge in [-0.1, -0.05) is 49.4 Å². The second kappa shape index (κ2) is 10.6. The average molecular weight is 451 g/mol. The van der Waals surface area contributed by atoms with Gasteiger partial charge in [0.25, 0.3) is 0 Å². The number of carboxylic acid groups (broad SMARTS) is 1. The molecule has 1 unspecified atom stereocenters. The zero-order valence-electron chi connectivity index (χ0n) is 19.6. The van der Waals surface area contributed by atoms with Crippen LogP contribution < -0.4 is 10.6 Å². The van der Waals surface area contributed by atoms with Crippen molar-refractivity contribution < 1.29 is 19.5 Å². The van der Waals surface area contributed by atoms with Gasteiger partial charge in [0.05, 0.1) is 0 Å². The van der Waals surface area contributed by atoms with Crippen molar-refractivity contribution in [2.24, 2.45) is 5.92 Å². The molecule has 0 aromatic heterocycles. The van der Waals surface area contributed by atoms with Crippen molar-refractivity contribution in [3.05, 3.63) is 65.7 Å². The summed E-state index contributed by atoms with van der Waals surface area (Å²) in [6.07, 6.45) is 3.67. The fourth-order valence-corrected chi connectivity index (χ4v) is 4.38. The van der Waals surface area contributed by atoms with Crippen molar-refractivity contribution >= 4 is 23.5 Å². The quantitative estimate of drug-likeness (QED) is 0.523. The SMILES string of the molecule is CC(CC(=O)Nc1ccc([C@H]2CC[C@H](C(=O)NC(C)(C)C(=O)O)CC2)cc1)c1ccccc1. The highest BCUT2D eigenvalue weighted by Crippen LogP contribution is 2.36. The third-order valence-electron chi connectivity index (χ3n) is 6.59. The lowest BCUT2D eigenvalue weighted by Gasteiger charge is -2.30. The predicted octanol–water partition coefficient (Wildman–Crippen LogP) is 5.07. The van der Waals surface area contributed by atoms with Crippen LogP contribution in [0.2, 0.25) is 0 Å². The molecule has 0 bridgehead atoms. The van der Waals surface area contributed by atoms with Gasteiger partial charge in [-0.3, -0.25) is 9.59 Å². The Morgan fingerprint density at radius 3 is 2.15 bits per heavy atom. The molecule has 3 N–H and O–H groups in total. The Balaban J connectivity index is 1.48. The monoisotopic (exact) mass is 450 g/mol. The van der Waals surface area contributed by atoms with E-state index in [1.165, 1.54) is 19.4 Å². The van der Waals surface area contributed by atoms with E-state index in [4.69, 9.17) is 0 Å². The molecule has 1 aliphatic rings. The molecule has 1 atom stereocenters. The summed E-state index contributed by atoms with van der Waals surface area (Å²) in [6, 6.07) is 18.0. The summed E-state index contributed by atoms with van der Waals surface area (Å²) in [4.78, 5) is 36.1. The number of hydrogen-bond donors (Lipinski definition) is 3. The summed E-state index contributed by atoms with van der Waals surface area (Å²) >= 11 is 0. The van der Waals surface area contributed by atoms with E-state index >= 15 is 0 Å². The van der Waals surface area contributed by atoms with Crippen molar-refractivity contribution in [2.75, 3.05) is 5.32 Å². The molecule has 1 aliphatic carbocycles. The van der Waals surface area contributed by atoms with Crippen molar-refractivity contribution in [3.63, 3.8) is 0 Å². The van der Waals surface area contributed by atoms with Crippen LogP contribution in [-0.4, -0.2) is 28.4 Å². The zero-order chi connectivity index (χ0) is 24.0. The van der Waals surface area contributed by atoms with E-state index < -0.39 is 11.5 Å². The minimum absolute atomic E-state index is 0.00471. The molecule has 0 spiro atoms. The molecule has 0 saturated heterocycles. The Morgan fingerprint density at radius 1 is 0.970 bits per heavy atom. The lowest BCUT2D eigenvalue weighted by molar-refractivity contribution is -0.146. The average Bonchev–Trinajstić information content (AvgIpc) is 2.80. The highest BCUT2D eigenvalue weighted by atomic mass is 16.4. The van der Waals surface area contributed by atoms with Crippen LogP contribution in [0.3, 0.4) is 0 Å². The third-order valence-corrected chi connectivity index (χ3v) is 6.59. The molecule has 0 heterocycles. The number of carboxylic acids is 1. The van der Waals surface area contributed by atoms with Gasteiger partial charge in [0.1, 0.15) is 5.54 Å². The van der Waals surface area contributed by atoms with E-state index in [-0.39, 0.29) is 23.7 Å². The van der Waals surface area contributed by atoms with Gasteiger partial charge < -0.3 is 15.7 Å². The van der Waals surface area contributed by atoms with E-state index in [1.807, 2.05) is 42.5 Å². The Bertz CT molecular complexity index is 961. The first-order chi connectivity index (χ1) is 15.7. The molecule has 2 amide bonds. The topological polar surface area (TPSA) is 95.5 Å². The summed E-state index contributed by atoms with van der Waals surface area (Å²) in [6.45, 7) is 5.06. The molecule has 6 nitrogen and oxygen atoms in total. The first-order valence-corrected chi connectivity index (χ1v) is 11.7. The van der Waals surface area contributed by atoms with Crippen molar-refractivity contribution in [2.45, 2.75) is 70.3 Å². The number of carbonyl (C=O) groups is 3. The normalized spacial score (nSPS) is 19.4. The number of rotatable bonds is 8. The van der Waals surface area contributed by atoms with Crippen molar-refractivity contribution in [1.82, 2.24) is 5.32 Å². The highest BCUT2D eigenvalue weighted by Gasteiger charge is 2.33. The van der Waals surface area contributed by atoms with Crippen molar-refractivity contribution in [1.29, 1.82) is 0 Å². The van der Waals surface area contributed by atoms with E-state index in [0.29, 0.717) is 12.3 Å². The third kappa shape index (κ3) is 6.67. The maximum absolute atomic E-state index is 12.5. The van der Waals surface area contributed by atoms with Gasteiger partial charge in [-0.05, 0) is 74.6 Å². The molecule has 0 radical (unpaired) electrons. The Morgan fingerprint density at radius 2 is 1.58 bits per heavy atom. The molecule has 0 aliphatic heterocycles. The van der Waals surface area contributed by atoms with Gasteiger partial charge in [0.15, 0.2) is 0 Å². The summed E-state index contributed by atoms with van der Waals surface area (Å²) < 4.78 is 0. The van der Waals surface area contributed by atoms with Gasteiger partial charge in [-0.25, -0.2) is 4.79 Å². The van der Waals surface area contributed by atoms with Crippen molar-refractivity contribution in [3.8, 4) is 0 Å². The summed E-state index contributed by atoms with van der Waals surface area (Å²) in [5.74, 6) is -0.849. The summed E-state index contributed by atoms with van der Waals surface area (Å²) in [7, 11) is 0. The Kier molecular flexibility index (Phi) is 7.90. The molecular formula is C27H34N2O4. The number of amides is 2. The smallest absolute Gasteiger partial charge is 0.328 e. The minimum Gasteiger partial charge on any atom is -0.480 e. The molecule has 33 heavy (non-hydrogen) atoms. The lowest BCUT2D eigenvalue weighted by atomic mass is 9.78. The Labute approximate surface area is 195 Å². The molecule has 6 heteroatoms. The molecule has 1 fully saturated rings. The van der Waals surface area contributed by atoms with Crippen LogP contribution in [0.4, 0.5) is 5.69 Å². The van der Waals surface area contributed by atoms with Crippen LogP contribution in [0.5, 0.6) is 0 Å². The summed E-state index contributed by atoms with van der Waals surface area (Å²) in [5.41, 5.74) is 1.88. The van der Waals surface area contributed by atoms with Crippen LogP contribution in [-0.2, 0) is 14.4 Å². The van der Waals surface area contributed by atoms with Crippen LogP contribution in [0.25, 0.3) is 0 Å². The molecule has 176 valence electrons. The van der Waals surface area contributed by atoms with Gasteiger partial charge in [0.2, 0.25) is 11.8 Å². The number of anilines is 1. The van der Waals surface area contributed by atoms with Crippen LogP contribution >= 0.6 is 0 Å². The van der Waals surface area contributed by atoms with Gasteiger partial charge in [-0.15, -0.1) is 0 Å². The van der Waals surface area contributed by atoms with Crippen LogP contribution in [0.1, 0.15) is 75.8 Å². The standard InChI is InChI=1S/C27H34N2O4/c1-18(19-7-5-4-6-8-19)17-24(30)28-23-15-13-21(14-16-23)20-9-11-22(12-10-20)25(31)29-27(2,3)26(32)33/h4-8,13-16,18,20,22H,9-12,17H2,1-3H3,(H,28,30)(H,29,31)(H,32,33)/t18?,20-,22-. The lowest BCUT2D eigenvalue weighted by Crippen LogP contribution is -2.51. The zero-order valence-corrected chi connectivity index (χ0v) is 19.6. The van der Waals surface area contributed by atoms with E-state index in [1.54, 1.807) is 0 Å². The number of benzene rings is 2. The number of hydrogen-bond acceptors (Lipinski definition) is 3. The summed E-state index contributed by atoms with van der Waals surface area (Å²) in [5, 5.41) is 14.8. The molecule has 1 saturated carbocycles. The molecule has 2 aromatic carbocycles. The Hall–Kier alpha value is -3.15. The first kappa shape index (κ1) is 24.5. The largest absolute Gasteiger partial charge is 0.480 e. The molecular weight excluding hydrogens is 416 g/mol.